The van der Waals surface area contributed by atoms with Crippen LogP contribution in [0.3, 0.4) is 0 Å². The Morgan fingerprint density at radius 1 is 1.39 bits per heavy atom. The second kappa shape index (κ2) is 6.05. The van der Waals surface area contributed by atoms with Crippen molar-refractivity contribution in [1.29, 1.82) is 0 Å². The van der Waals surface area contributed by atoms with Crippen LogP contribution in [0.4, 0.5) is 5.82 Å². The average molecular weight is 319 g/mol. The quantitative estimate of drug-likeness (QED) is 0.875. The molecule has 2 atom stereocenters. The van der Waals surface area contributed by atoms with Crippen molar-refractivity contribution in [2.24, 2.45) is 12.5 Å². The van der Waals surface area contributed by atoms with Crippen molar-refractivity contribution >= 4 is 16.9 Å². The minimum Gasteiger partial charge on any atom is -0.396 e. The molecule has 0 spiro atoms. The Hall–Kier alpha value is -1.73. The van der Waals surface area contributed by atoms with Crippen molar-refractivity contribution in [2.75, 3.05) is 24.6 Å². The first kappa shape index (κ1) is 16.1. The zero-order chi connectivity index (χ0) is 16.6. The van der Waals surface area contributed by atoms with E-state index >= 15 is 0 Å². The van der Waals surface area contributed by atoms with E-state index in [1.165, 1.54) is 0 Å². The highest BCUT2D eigenvalue weighted by Crippen LogP contribution is 2.38. The lowest BCUT2D eigenvalue weighted by atomic mass is 9.73. The standard InChI is InChI=1S/C16H25N5O2/c1-4-5-16(10-22)6-7-21(9-13(16)23)15-12-8-17-20(3)14(12)18-11(2)19-15/h8,13,22-23H,4-7,9-10H2,1-3H3/t13-,16-/m1/s1. The van der Waals surface area contributed by atoms with Crippen molar-refractivity contribution in [1.82, 2.24) is 19.7 Å². The molecular weight excluding hydrogens is 294 g/mol. The molecule has 2 aromatic rings. The van der Waals surface area contributed by atoms with Crippen LogP contribution in [-0.4, -0.2) is 55.8 Å². The summed E-state index contributed by atoms with van der Waals surface area (Å²) in [5, 5.41) is 25.6. The molecule has 0 unspecified atom stereocenters. The maximum atomic E-state index is 10.7. The van der Waals surface area contributed by atoms with E-state index in [1.807, 2.05) is 14.0 Å². The minimum absolute atomic E-state index is 0.0287. The molecular formula is C16H25N5O2. The molecule has 0 saturated carbocycles. The molecule has 23 heavy (non-hydrogen) atoms. The maximum Gasteiger partial charge on any atom is 0.163 e. The van der Waals surface area contributed by atoms with E-state index < -0.39 is 6.10 Å². The number of fused-ring (bicyclic) bond motifs is 1. The van der Waals surface area contributed by atoms with Crippen LogP contribution in [0.2, 0.25) is 0 Å². The molecule has 0 aromatic carbocycles. The summed E-state index contributed by atoms with van der Waals surface area (Å²) in [5.41, 5.74) is 0.413. The summed E-state index contributed by atoms with van der Waals surface area (Å²) in [6, 6.07) is 0. The number of piperidine rings is 1. The van der Waals surface area contributed by atoms with Gasteiger partial charge in [0, 0.05) is 25.6 Å². The molecule has 0 aliphatic carbocycles. The normalized spacial score (nSPS) is 25.3. The van der Waals surface area contributed by atoms with Crippen LogP contribution in [0.5, 0.6) is 0 Å². The van der Waals surface area contributed by atoms with E-state index in [2.05, 4.69) is 26.9 Å². The van der Waals surface area contributed by atoms with Gasteiger partial charge in [0.05, 0.1) is 24.3 Å². The largest absolute Gasteiger partial charge is 0.396 e. The van der Waals surface area contributed by atoms with Gasteiger partial charge in [-0.3, -0.25) is 4.68 Å². The van der Waals surface area contributed by atoms with Gasteiger partial charge in [0.1, 0.15) is 11.6 Å². The first-order chi connectivity index (χ1) is 11.0. The molecule has 0 bridgehead atoms. The van der Waals surface area contributed by atoms with E-state index in [0.717, 1.165) is 42.7 Å². The number of aromatic nitrogens is 4. The van der Waals surface area contributed by atoms with Gasteiger partial charge in [-0.25, -0.2) is 9.97 Å². The molecule has 7 heteroatoms. The van der Waals surface area contributed by atoms with Crippen molar-refractivity contribution in [3.63, 3.8) is 0 Å². The molecule has 3 heterocycles. The molecule has 0 amide bonds. The third-order valence-electron chi connectivity index (χ3n) is 5.03. The molecule has 1 aliphatic heterocycles. The lowest BCUT2D eigenvalue weighted by Crippen LogP contribution is -2.53. The zero-order valence-corrected chi connectivity index (χ0v) is 14.0. The van der Waals surface area contributed by atoms with Gasteiger partial charge < -0.3 is 15.1 Å². The topological polar surface area (TPSA) is 87.3 Å². The average Bonchev–Trinajstić information content (AvgIpc) is 2.90. The zero-order valence-electron chi connectivity index (χ0n) is 14.0. The molecule has 2 N–H and O–H groups in total. The number of aliphatic hydroxyl groups excluding tert-OH is 2. The first-order valence-corrected chi connectivity index (χ1v) is 8.21. The monoisotopic (exact) mass is 319 g/mol. The Kier molecular flexibility index (Phi) is 4.25. The van der Waals surface area contributed by atoms with Crippen molar-refractivity contribution in [3.8, 4) is 0 Å². The number of hydrogen-bond acceptors (Lipinski definition) is 6. The predicted molar refractivity (Wildman–Crippen MR) is 88.3 cm³/mol. The summed E-state index contributed by atoms with van der Waals surface area (Å²) in [6.45, 7) is 5.22. The fourth-order valence-electron chi connectivity index (χ4n) is 3.62. The summed E-state index contributed by atoms with van der Waals surface area (Å²) in [6.07, 6.45) is 3.75. The van der Waals surface area contributed by atoms with Crippen LogP contribution in [-0.2, 0) is 7.05 Å². The Morgan fingerprint density at radius 3 is 2.83 bits per heavy atom. The summed E-state index contributed by atoms with van der Waals surface area (Å²) in [7, 11) is 1.86. The fraction of sp³-hybridized carbons (Fsp3) is 0.688. The molecule has 126 valence electrons. The second-order valence-corrected chi connectivity index (χ2v) is 6.58. The molecule has 3 rings (SSSR count). The van der Waals surface area contributed by atoms with Crippen LogP contribution in [0.25, 0.3) is 11.0 Å². The van der Waals surface area contributed by atoms with Crippen molar-refractivity contribution in [3.05, 3.63) is 12.0 Å². The van der Waals surface area contributed by atoms with Crippen LogP contribution >= 0.6 is 0 Å². The minimum atomic E-state index is -0.566. The molecule has 2 aromatic heterocycles. The summed E-state index contributed by atoms with van der Waals surface area (Å²) >= 11 is 0. The Bertz CT molecular complexity index is 701. The van der Waals surface area contributed by atoms with Gasteiger partial charge in [-0.2, -0.15) is 5.10 Å². The molecule has 1 saturated heterocycles. The number of β-amino-alcohol motifs (C(OH)–C–C–N with tert-alkyl or cyclic N) is 1. The first-order valence-electron chi connectivity index (χ1n) is 8.21. The number of anilines is 1. The third kappa shape index (κ3) is 2.68. The third-order valence-corrected chi connectivity index (χ3v) is 5.03. The van der Waals surface area contributed by atoms with Crippen LogP contribution in [0.1, 0.15) is 32.0 Å². The highest BCUT2D eigenvalue weighted by molar-refractivity contribution is 5.87. The lowest BCUT2D eigenvalue weighted by Gasteiger charge is -2.45. The summed E-state index contributed by atoms with van der Waals surface area (Å²) in [4.78, 5) is 11.1. The number of aliphatic hydroxyl groups is 2. The van der Waals surface area contributed by atoms with Crippen LogP contribution in [0, 0.1) is 12.3 Å². The van der Waals surface area contributed by atoms with E-state index in [1.54, 1.807) is 10.9 Å². The van der Waals surface area contributed by atoms with E-state index in [4.69, 9.17) is 0 Å². The van der Waals surface area contributed by atoms with Gasteiger partial charge in [-0.15, -0.1) is 0 Å². The van der Waals surface area contributed by atoms with Gasteiger partial charge in [0.2, 0.25) is 0 Å². The van der Waals surface area contributed by atoms with E-state index in [9.17, 15) is 10.2 Å². The molecule has 1 fully saturated rings. The molecule has 1 aliphatic rings. The predicted octanol–water partition coefficient (Wildman–Crippen LogP) is 1.02. The number of hydrogen-bond donors (Lipinski definition) is 2. The Balaban J connectivity index is 1.93. The molecule has 0 radical (unpaired) electrons. The van der Waals surface area contributed by atoms with Gasteiger partial charge >= 0.3 is 0 Å². The van der Waals surface area contributed by atoms with Crippen molar-refractivity contribution in [2.45, 2.75) is 39.2 Å². The smallest absolute Gasteiger partial charge is 0.163 e. The van der Waals surface area contributed by atoms with Gasteiger partial charge in [0.25, 0.3) is 0 Å². The second-order valence-electron chi connectivity index (χ2n) is 6.58. The van der Waals surface area contributed by atoms with E-state index in [0.29, 0.717) is 12.4 Å². The van der Waals surface area contributed by atoms with E-state index in [-0.39, 0.29) is 12.0 Å². The summed E-state index contributed by atoms with van der Waals surface area (Å²) in [5.74, 6) is 1.51. The Labute approximate surface area is 136 Å². The fourth-order valence-corrected chi connectivity index (χ4v) is 3.62. The highest BCUT2D eigenvalue weighted by atomic mass is 16.3. The SMILES string of the molecule is CCC[C@]1(CO)CCN(c2nc(C)nc3c2cnn3C)C[C@H]1O. The molecule has 7 nitrogen and oxygen atoms in total. The van der Waals surface area contributed by atoms with Crippen LogP contribution in [0.15, 0.2) is 6.20 Å². The van der Waals surface area contributed by atoms with Gasteiger partial charge in [-0.1, -0.05) is 13.3 Å². The van der Waals surface area contributed by atoms with Gasteiger partial charge in [0.15, 0.2) is 5.65 Å². The van der Waals surface area contributed by atoms with Crippen molar-refractivity contribution < 1.29 is 10.2 Å². The summed E-state index contributed by atoms with van der Waals surface area (Å²) < 4.78 is 1.74. The Morgan fingerprint density at radius 2 is 2.17 bits per heavy atom. The van der Waals surface area contributed by atoms with Gasteiger partial charge in [-0.05, 0) is 19.8 Å². The number of nitrogens with zero attached hydrogens (tertiary/aromatic N) is 5. The maximum absolute atomic E-state index is 10.7. The lowest BCUT2D eigenvalue weighted by molar-refractivity contribution is -0.0371. The van der Waals surface area contributed by atoms with Crippen LogP contribution < -0.4 is 4.90 Å². The number of aryl methyl sites for hydroxylation is 2. The highest BCUT2D eigenvalue weighted by Gasteiger charge is 2.41. The number of rotatable bonds is 4.